The number of hydrogen-bond donors (Lipinski definition) is 1. The summed E-state index contributed by atoms with van der Waals surface area (Å²) in [6.07, 6.45) is 3.04. The Kier molecular flexibility index (Phi) is 4.67. The quantitative estimate of drug-likeness (QED) is 0.763. The van der Waals surface area contributed by atoms with Gasteiger partial charge in [0, 0.05) is 35.3 Å². The maximum absolute atomic E-state index is 5.89. The molecule has 0 aliphatic carbocycles. The first-order valence-electron chi connectivity index (χ1n) is 8.23. The fourth-order valence-corrected chi connectivity index (χ4v) is 3.93. The summed E-state index contributed by atoms with van der Waals surface area (Å²) in [5.41, 5.74) is 3.45. The van der Waals surface area contributed by atoms with E-state index in [2.05, 4.69) is 34.6 Å². The van der Waals surface area contributed by atoms with Crippen molar-refractivity contribution in [2.24, 2.45) is 0 Å². The predicted molar refractivity (Wildman–Crippen MR) is 100 cm³/mol. The van der Waals surface area contributed by atoms with E-state index in [1.807, 2.05) is 48.3 Å². The highest BCUT2D eigenvalue weighted by Gasteiger charge is 2.15. The Morgan fingerprint density at radius 1 is 1.08 bits per heavy atom. The summed E-state index contributed by atoms with van der Waals surface area (Å²) in [6, 6.07) is 19.2. The van der Waals surface area contributed by atoms with Crippen LogP contribution in [0, 0.1) is 0 Å². The molecular formula is C20H20N2OS. The van der Waals surface area contributed by atoms with Crippen molar-refractivity contribution >= 4 is 22.7 Å². The van der Waals surface area contributed by atoms with Gasteiger partial charge in [-0.05, 0) is 35.7 Å². The Labute approximate surface area is 146 Å². The first-order valence-corrected chi connectivity index (χ1v) is 9.39. The number of aromatic nitrogens is 1. The summed E-state index contributed by atoms with van der Waals surface area (Å²) in [5.74, 6) is 3.11. The average molecular weight is 336 g/mol. The van der Waals surface area contributed by atoms with Gasteiger partial charge in [-0.3, -0.25) is 4.98 Å². The molecule has 1 unspecified atom stereocenters. The minimum Gasteiger partial charge on any atom is -0.489 e. The van der Waals surface area contributed by atoms with Crippen molar-refractivity contribution in [1.29, 1.82) is 0 Å². The number of fused-ring (bicyclic) bond motifs is 1. The molecule has 2 heterocycles. The summed E-state index contributed by atoms with van der Waals surface area (Å²) in [6.45, 7) is 0.579. The van der Waals surface area contributed by atoms with Gasteiger partial charge >= 0.3 is 0 Å². The molecule has 0 spiro atoms. The number of rotatable bonds is 5. The molecule has 3 nitrogen and oxygen atoms in total. The third-order valence-corrected chi connectivity index (χ3v) is 5.24. The summed E-state index contributed by atoms with van der Waals surface area (Å²) >= 11 is 1.96. The standard InChI is InChI=1S/C20H20N2OS/c1-2-4-15(5-3-1)12-23-19-7-6-17-8-16(11-21-20(17)10-19)9-18-13-24-14-22-18/h1-8,10-11,18,22H,9,12-14H2. The van der Waals surface area contributed by atoms with Crippen LogP contribution in [0.4, 0.5) is 0 Å². The second-order valence-electron chi connectivity index (χ2n) is 6.09. The number of thioether (sulfide) groups is 1. The van der Waals surface area contributed by atoms with Crippen molar-refractivity contribution < 1.29 is 4.74 Å². The first-order chi connectivity index (χ1) is 11.9. The number of hydrogen-bond acceptors (Lipinski definition) is 4. The molecule has 3 aromatic rings. The molecule has 1 aliphatic heterocycles. The predicted octanol–water partition coefficient (Wildman–Crippen LogP) is 4.02. The van der Waals surface area contributed by atoms with Crippen LogP contribution in [0.5, 0.6) is 5.75 Å². The molecule has 0 saturated carbocycles. The Morgan fingerprint density at radius 3 is 2.83 bits per heavy atom. The number of nitrogens with one attached hydrogen (secondary N) is 1. The molecule has 0 amide bonds. The first kappa shape index (κ1) is 15.5. The van der Waals surface area contributed by atoms with Crippen molar-refractivity contribution in [3.8, 4) is 5.75 Å². The number of benzene rings is 2. The Morgan fingerprint density at radius 2 is 2.00 bits per heavy atom. The molecule has 1 atom stereocenters. The summed E-state index contributed by atoms with van der Waals surface area (Å²) in [4.78, 5) is 4.62. The third kappa shape index (κ3) is 3.71. The molecule has 1 saturated heterocycles. The van der Waals surface area contributed by atoms with Gasteiger partial charge in [0.05, 0.1) is 5.52 Å². The van der Waals surface area contributed by atoms with E-state index in [9.17, 15) is 0 Å². The molecule has 122 valence electrons. The van der Waals surface area contributed by atoms with E-state index in [-0.39, 0.29) is 0 Å². The SMILES string of the molecule is c1ccc(COc2ccc3cc(CC4CSCN4)cnc3c2)cc1. The Bertz CT molecular complexity index is 816. The van der Waals surface area contributed by atoms with E-state index in [0.717, 1.165) is 23.6 Å². The zero-order valence-electron chi connectivity index (χ0n) is 13.4. The van der Waals surface area contributed by atoms with E-state index in [1.165, 1.54) is 22.3 Å². The highest BCUT2D eigenvalue weighted by Crippen LogP contribution is 2.22. The third-order valence-electron chi connectivity index (χ3n) is 4.24. The molecule has 1 aromatic heterocycles. The topological polar surface area (TPSA) is 34.1 Å². The van der Waals surface area contributed by atoms with Crippen LogP contribution in [0.25, 0.3) is 10.9 Å². The highest BCUT2D eigenvalue weighted by atomic mass is 32.2. The Hall–Kier alpha value is -2.04. The maximum Gasteiger partial charge on any atom is 0.122 e. The second kappa shape index (κ2) is 7.24. The smallest absolute Gasteiger partial charge is 0.122 e. The lowest BCUT2D eigenvalue weighted by atomic mass is 10.1. The molecule has 24 heavy (non-hydrogen) atoms. The molecular weight excluding hydrogens is 316 g/mol. The van der Waals surface area contributed by atoms with Crippen LogP contribution in [0.15, 0.2) is 60.8 Å². The molecule has 1 N–H and O–H groups in total. The molecule has 0 bridgehead atoms. The van der Waals surface area contributed by atoms with Crippen molar-refractivity contribution in [3.63, 3.8) is 0 Å². The van der Waals surface area contributed by atoms with Crippen LogP contribution in [0.2, 0.25) is 0 Å². The molecule has 2 aromatic carbocycles. The zero-order valence-corrected chi connectivity index (χ0v) is 14.3. The van der Waals surface area contributed by atoms with Crippen molar-refractivity contribution in [2.45, 2.75) is 19.1 Å². The highest BCUT2D eigenvalue weighted by molar-refractivity contribution is 7.99. The van der Waals surface area contributed by atoms with Crippen LogP contribution in [0.3, 0.4) is 0 Å². The number of ether oxygens (including phenoxy) is 1. The van der Waals surface area contributed by atoms with Crippen LogP contribution in [0.1, 0.15) is 11.1 Å². The van der Waals surface area contributed by atoms with Crippen LogP contribution >= 0.6 is 11.8 Å². The van der Waals surface area contributed by atoms with Gasteiger partial charge in [-0.25, -0.2) is 0 Å². The maximum atomic E-state index is 5.89. The summed E-state index contributed by atoms with van der Waals surface area (Å²) in [7, 11) is 0. The van der Waals surface area contributed by atoms with Gasteiger partial charge in [-0.2, -0.15) is 0 Å². The fraction of sp³-hybridized carbons (Fsp3) is 0.250. The molecule has 1 fully saturated rings. The monoisotopic (exact) mass is 336 g/mol. The molecule has 0 radical (unpaired) electrons. The van der Waals surface area contributed by atoms with E-state index in [4.69, 9.17) is 4.74 Å². The molecule has 4 heteroatoms. The lowest BCUT2D eigenvalue weighted by Crippen LogP contribution is -2.25. The van der Waals surface area contributed by atoms with Gasteiger partial charge in [0.2, 0.25) is 0 Å². The largest absolute Gasteiger partial charge is 0.489 e. The van der Waals surface area contributed by atoms with Crippen molar-refractivity contribution in [3.05, 3.63) is 71.9 Å². The summed E-state index contributed by atoms with van der Waals surface area (Å²) in [5, 5.41) is 4.68. The normalized spacial score (nSPS) is 17.2. The minimum absolute atomic E-state index is 0.572. The lowest BCUT2D eigenvalue weighted by Gasteiger charge is -2.10. The van der Waals surface area contributed by atoms with E-state index in [0.29, 0.717) is 12.6 Å². The van der Waals surface area contributed by atoms with E-state index >= 15 is 0 Å². The van der Waals surface area contributed by atoms with Gasteiger partial charge in [-0.15, -0.1) is 11.8 Å². The van der Waals surface area contributed by atoms with Crippen molar-refractivity contribution in [2.75, 3.05) is 11.6 Å². The van der Waals surface area contributed by atoms with Crippen LogP contribution < -0.4 is 10.1 Å². The zero-order chi connectivity index (χ0) is 16.2. The van der Waals surface area contributed by atoms with Crippen LogP contribution in [-0.2, 0) is 13.0 Å². The van der Waals surface area contributed by atoms with Gasteiger partial charge < -0.3 is 10.1 Å². The molecule has 1 aliphatic rings. The number of pyridine rings is 1. The van der Waals surface area contributed by atoms with Gasteiger partial charge in [0.25, 0.3) is 0 Å². The molecule has 4 rings (SSSR count). The van der Waals surface area contributed by atoms with E-state index < -0.39 is 0 Å². The lowest BCUT2D eigenvalue weighted by molar-refractivity contribution is 0.306. The Balaban J connectivity index is 1.46. The van der Waals surface area contributed by atoms with Crippen molar-refractivity contribution in [1.82, 2.24) is 10.3 Å². The van der Waals surface area contributed by atoms with Crippen LogP contribution in [-0.4, -0.2) is 22.7 Å². The summed E-state index contributed by atoms with van der Waals surface area (Å²) < 4.78 is 5.89. The second-order valence-corrected chi connectivity index (χ2v) is 7.12. The number of nitrogens with zero attached hydrogens (tertiary/aromatic N) is 1. The van der Waals surface area contributed by atoms with Gasteiger partial charge in [0.1, 0.15) is 12.4 Å². The van der Waals surface area contributed by atoms with E-state index in [1.54, 1.807) is 0 Å². The average Bonchev–Trinajstić information content (AvgIpc) is 3.14. The fourth-order valence-electron chi connectivity index (χ4n) is 2.94. The minimum atomic E-state index is 0.572. The van der Waals surface area contributed by atoms with Gasteiger partial charge in [0.15, 0.2) is 0 Å². The van der Waals surface area contributed by atoms with Gasteiger partial charge in [-0.1, -0.05) is 30.3 Å².